The van der Waals surface area contributed by atoms with Gasteiger partial charge in [0.2, 0.25) is 0 Å². The van der Waals surface area contributed by atoms with Crippen LogP contribution in [0.1, 0.15) is 0 Å². The van der Waals surface area contributed by atoms with E-state index in [4.69, 9.17) is 0 Å². The van der Waals surface area contributed by atoms with Gasteiger partial charge in [0.25, 0.3) is 0 Å². The van der Waals surface area contributed by atoms with Crippen molar-refractivity contribution in [2.75, 3.05) is 0 Å². The van der Waals surface area contributed by atoms with Crippen molar-refractivity contribution in [3.05, 3.63) is 4.91 Å². The minimum atomic E-state index is -5.52. The fourth-order valence-electron chi connectivity index (χ4n) is 0.188. The molecule has 0 radical (unpaired) electrons. The Bertz CT molecular complexity index is 153. The second-order valence-corrected chi connectivity index (χ2v) is 1.30. The number of alkyl halides is 6. The molecule has 0 aromatic rings. The van der Waals surface area contributed by atoms with Crippen LogP contribution in [0.3, 0.4) is 0 Å². The molecule has 0 spiro atoms. The third kappa shape index (κ3) is 6.89. The summed E-state index contributed by atoms with van der Waals surface area (Å²) in [4.78, 5) is 13.8. The van der Waals surface area contributed by atoms with E-state index in [1.807, 2.05) is 0 Å². The molecule has 0 rings (SSSR count). The van der Waals surface area contributed by atoms with Crippen molar-refractivity contribution in [1.29, 1.82) is 0 Å². The molecule has 0 fully saturated rings. The molecule has 72 valence electrons. The maximum atomic E-state index is 11.0. The Kier molecular flexibility index (Phi) is 2.72. The van der Waals surface area contributed by atoms with E-state index in [9.17, 15) is 31.2 Å². The summed E-state index contributed by atoms with van der Waals surface area (Å²) < 4.78 is 65.8. The van der Waals surface area contributed by atoms with Crippen molar-refractivity contribution in [2.24, 2.45) is 0 Å². The van der Waals surface area contributed by atoms with Gasteiger partial charge in [0.15, 0.2) is 0 Å². The van der Waals surface area contributed by atoms with Crippen LogP contribution >= 0.6 is 0 Å². The molecule has 0 saturated carbocycles. The number of hydrogen-bond donors (Lipinski definition) is 0. The van der Waals surface area contributed by atoms with Crippen molar-refractivity contribution in [3.8, 4) is 0 Å². The average molecular weight is 200 g/mol. The lowest BCUT2D eigenvalue weighted by Gasteiger charge is -1.97. The number of nitrogens with zero attached hydrogens (tertiary/aromatic N) is 1. The molecular formula is C2F6NO3+. The van der Waals surface area contributed by atoms with Crippen LogP contribution in [-0.2, 0) is 9.68 Å². The normalized spacial score (nSPS) is 12.5. The SMILES string of the molecule is O=[N+](OC(F)(F)F)OC(F)(F)F. The van der Waals surface area contributed by atoms with E-state index in [0.29, 0.717) is 0 Å². The van der Waals surface area contributed by atoms with Gasteiger partial charge >= 0.3 is 17.8 Å². The topological polar surface area (TPSA) is 38.5 Å². The highest BCUT2D eigenvalue weighted by atomic mass is 19.4. The zero-order valence-electron chi connectivity index (χ0n) is 4.94. The first kappa shape index (κ1) is 10.8. The quantitative estimate of drug-likeness (QED) is 0.502. The van der Waals surface area contributed by atoms with Crippen LogP contribution in [0.25, 0.3) is 0 Å². The van der Waals surface area contributed by atoms with Crippen molar-refractivity contribution in [2.45, 2.75) is 12.7 Å². The summed E-state index contributed by atoms with van der Waals surface area (Å²) in [6.45, 7) is 0. The van der Waals surface area contributed by atoms with Crippen molar-refractivity contribution < 1.29 is 41.1 Å². The van der Waals surface area contributed by atoms with Crippen LogP contribution in [0, 0.1) is 4.91 Å². The molecule has 0 N–H and O–H groups in total. The molecule has 0 saturated heterocycles. The van der Waals surface area contributed by atoms with Gasteiger partial charge in [0.1, 0.15) is 4.91 Å². The fourth-order valence-corrected chi connectivity index (χ4v) is 0.188. The van der Waals surface area contributed by atoms with Gasteiger partial charge in [-0.25, -0.2) is 0 Å². The molecule has 0 aromatic carbocycles. The first-order chi connectivity index (χ1) is 5.10. The van der Waals surface area contributed by atoms with Gasteiger partial charge in [-0.2, -0.15) is 0 Å². The highest BCUT2D eigenvalue weighted by Crippen LogP contribution is 2.21. The van der Waals surface area contributed by atoms with Crippen LogP contribution < -0.4 is 0 Å². The Balaban J connectivity index is 3.92. The Morgan fingerprint density at radius 2 is 1.08 bits per heavy atom. The van der Waals surface area contributed by atoms with E-state index in [-0.39, 0.29) is 0 Å². The summed E-state index contributed by atoms with van der Waals surface area (Å²) in [7, 11) is 0. The molecule has 0 heterocycles. The summed E-state index contributed by atoms with van der Waals surface area (Å²) in [5, 5.41) is -2.08. The Morgan fingerprint density at radius 1 is 0.833 bits per heavy atom. The lowest BCUT2D eigenvalue weighted by Crippen LogP contribution is -2.27. The van der Waals surface area contributed by atoms with Crippen molar-refractivity contribution in [1.82, 2.24) is 0 Å². The van der Waals surface area contributed by atoms with Crippen LogP contribution in [0.4, 0.5) is 26.3 Å². The molecule has 0 aliphatic carbocycles. The lowest BCUT2D eigenvalue weighted by molar-refractivity contribution is -1.03. The van der Waals surface area contributed by atoms with Crippen LogP contribution in [0.2, 0.25) is 0 Å². The van der Waals surface area contributed by atoms with Gasteiger partial charge < -0.3 is 0 Å². The highest BCUT2D eigenvalue weighted by Gasteiger charge is 2.49. The van der Waals surface area contributed by atoms with Gasteiger partial charge in [0, 0.05) is 0 Å². The summed E-state index contributed by atoms with van der Waals surface area (Å²) in [6, 6.07) is 0. The molecule has 0 unspecified atom stereocenters. The average Bonchev–Trinajstić information content (AvgIpc) is 1.49. The van der Waals surface area contributed by atoms with Gasteiger partial charge in [-0.1, -0.05) is 9.68 Å². The molecule has 0 aliphatic rings. The molecule has 0 bridgehead atoms. The smallest absolute Gasteiger partial charge is 0.128 e. The predicted molar refractivity (Wildman–Crippen MR) is 17.9 cm³/mol. The molecule has 10 heteroatoms. The first-order valence-corrected chi connectivity index (χ1v) is 2.09. The molecule has 0 atom stereocenters. The molecular weight excluding hydrogens is 200 g/mol. The summed E-state index contributed by atoms with van der Waals surface area (Å²) in [5.74, 6) is 0. The van der Waals surface area contributed by atoms with Crippen LogP contribution in [-0.4, -0.2) is 17.8 Å². The largest absolute Gasteiger partial charge is 0.636 e. The predicted octanol–water partition coefficient (Wildman–Crippen LogP) is 1.67. The highest BCUT2D eigenvalue weighted by molar-refractivity contribution is 4.14. The van der Waals surface area contributed by atoms with E-state index in [2.05, 4.69) is 9.68 Å². The third-order valence-electron chi connectivity index (χ3n) is 0.356. The maximum absolute atomic E-state index is 11.0. The zero-order chi connectivity index (χ0) is 9.99. The van der Waals surface area contributed by atoms with E-state index in [1.165, 1.54) is 0 Å². The summed E-state index contributed by atoms with van der Waals surface area (Å²) in [6.07, 6.45) is -11.0. The van der Waals surface area contributed by atoms with E-state index >= 15 is 0 Å². The molecule has 0 aromatic heterocycles. The van der Waals surface area contributed by atoms with Gasteiger partial charge in [0.05, 0.1) is 0 Å². The van der Waals surface area contributed by atoms with Gasteiger partial charge in [-0.15, -0.1) is 26.3 Å². The first-order valence-electron chi connectivity index (χ1n) is 2.09. The molecule has 4 nitrogen and oxygen atoms in total. The Hall–Kier alpha value is -1.22. The van der Waals surface area contributed by atoms with Gasteiger partial charge in [-0.3, -0.25) is 0 Å². The fraction of sp³-hybridized carbons (Fsp3) is 1.00. The minimum absolute atomic E-state index is 2.08. The summed E-state index contributed by atoms with van der Waals surface area (Å²) in [5.41, 5.74) is 0. The number of rotatable bonds is 2. The minimum Gasteiger partial charge on any atom is -0.128 e. The number of hydrogen-bond acceptors (Lipinski definition) is 3. The van der Waals surface area contributed by atoms with Crippen molar-refractivity contribution in [3.63, 3.8) is 0 Å². The van der Waals surface area contributed by atoms with E-state index in [0.717, 1.165) is 0 Å². The second kappa shape index (κ2) is 3.03. The van der Waals surface area contributed by atoms with Crippen LogP contribution in [0.15, 0.2) is 0 Å². The van der Waals surface area contributed by atoms with Crippen molar-refractivity contribution >= 4 is 0 Å². The van der Waals surface area contributed by atoms with Crippen LogP contribution in [0.5, 0.6) is 0 Å². The van der Waals surface area contributed by atoms with Gasteiger partial charge in [-0.05, 0) is 0 Å². The second-order valence-electron chi connectivity index (χ2n) is 1.30. The standard InChI is InChI=1S/C2F6NO3/c3-1(4,5)11-9(10)12-2(6,7)8/q+1. The molecule has 0 amide bonds. The molecule has 0 aliphatic heterocycles. The Morgan fingerprint density at radius 3 is 1.25 bits per heavy atom. The van der Waals surface area contributed by atoms with E-state index < -0.39 is 17.8 Å². The lowest BCUT2D eigenvalue weighted by atomic mass is 11.4. The zero-order valence-corrected chi connectivity index (χ0v) is 4.94. The number of halogens is 6. The maximum Gasteiger partial charge on any atom is 0.636 e. The van der Waals surface area contributed by atoms with E-state index in [1.54, 1.807) is 0 Å². The monoisotopic (exact) mass is 200 g/mol. The Labute approximate surface area is 60.1 Å². The molecule has 12 heavy (non-hydrogen) atoms. The third-order valence-corrected chi connectivity index (χ3v) is 0.356. The summed E-state index contributed by atoms with van der Waals surface area (Å²) >= 11 is 0.